The molecule has 2 N–H and O–H groups in total. The van der Waals surface area contributed by atoms with Crippen LogP contribution in [0.25, 0.3) is 0 Å². The molecule has 1 rings (SSSR count). The molecule has 0 spiro atoms. The van der Waals surface area contributed by atoms with Crippen molar-refractivity contribution >= 4 is 17.8 Å². The van der Waals surface area contributed by atoms with E-state index in [2.05, 4.69) is 10.6 Å². The van der Waals surface area contributed by atoms with Crippen molar-refractivity contribution < 1.29 is 23.9 Å². The van der Waals surface area contributed by atoms with Crippen LogP contribution < -0.4 is 10.6 Å². The number of nitrogens with one attached hydrogen (secondary N) is 2. The summed E-state index contributed by atoms with van der Waals surface area (Å²) in [6.07, 6.45) is 1.72. The van der Waals surface area contributed by atoms with Crippen LogP contribution in [0.4, 0.5) is 0 Å². The Bertz CT molecular complexity index is 326. The van der Waals surface area contributed by atoms with Crippen LogP contribution in [-0.4, -0.2) is 50.2 Å². The fraction of sp³-hybridized carbons (Fsp3) is 0.750. The maximum absolute atomic E-state index is 11.4. The van der Waals surface area contributed by atoms with Crippen molar-refractivity contribution in [2.24, 2.45) is 0 Å². The summed E-state index contributed by atoms with van der Waals surface area (Å²) < 4.78 is 9.91. The molecule has 1 saturated heterocycles. The van der Waals surface area contributed by atoms with Gasteiger partial charge in [0.1, 0.15) is 0 Å². The van der Waals surface area contributed by atoms with Gasteiger partial charge in [-0.25, -0.2) is 4.79 Å². The molecule has 0 unspecified atom stereocenters. The standard InChI is InChI=1S/C12H20N2O5/c1-2-5-13-10(15)7-14-11(16)8-19-12(17)9-4-3-6-18-9/h9H,2-8H2,1H3,(H,13,15)(H,14,16)/t9-/m1/s1. The predicted molar refractivity (Wildman–Crippen MR) is 66.2 cm³/mol. The second-order valence-corrected chi connectivity index (χ2v) is 4.24. The van der Waals surface area contributed by atoms with Crippen molar-refractivity contribution in [2.45, 2.75) is 32.3 Å². The minimum Gasteiger partial charge on any atom is -0.454 e. The second-order valence-electron chi connectivity index (χ2n) is 4.24. The number of esters is 1. The highest BCUT2D eigenvalue weighted by atomic mass is 16.6. The van der Waals surface area contributed by atoms with Crippen LogP contribution in [-0.2, 0) is 23.9 Å². The Morgan fingerprint density at radius 2 is 2.05 bits per heavy atom. The van der Waals surface area contributed by atoms with Gasteiger partial charge in [0.15, 0.2) is 12.7 Å². The Labute approximate surface area is 112 Å². The normalized spacial score (nSPS) is 17.8. The number of carbonyl (C=O) groups is 3. The van der Waals surface area contributed by atoms with Crippen LogP contribution in [0.1, 0.15) is 26.2 Å². The Balaban J connectivity index is 2.10. The zero-order valence-corrected chi connectivity index (χ0v) is 11.1. The van der Waals surface area contributed by atoms with E-state index in [4.69, 9.17) is 9.47 Å². The molecule has 1 heterocycles. The van der Waals surface area contributed by atoms with Gasteiger partial charge in [-0.05, 0) is 19.3 Å². The molecule has 2 amide bonds. The molecular weight excluding hydrogens is 252 g/mol. The van der Waals surface area contributed by atoms with E-state index in [1.54, 1.807) is 0 Å². The van der Waals surface area contributed by atoms with E-state index in [0.29, 0.717) is 19.6 Å². The molecule has 0 saturated carbocycles. The lowest BCUT2D eigenvalue weighted by Crippen LogP contribution is -2.39. The number of rotatable bonds is 7. The zero-order valence-electron chi connectivity index (χ0n) is 11.1. The van der Waals surface area contributed by atoms with Crippen LogP contribution in [0.5, 0.6) is 0 Å². The van der Waals surface area contributed by atoms with Gasteiger partial charge >= 0.3 is 5.97 Å². The van der Waals surface area contributed by atoms with Crippen molar-refractivity contribution in [1.29, 1.82) is 0 Å². The Morgan fingerprint density at radius 1 is 1.26 bits per heavy atom. The summed E-state index contributed by atoms with van der Waals surface area (Å²) in [6.45, 7) is 2.55. The summed E-state index contributed by atoms with van der Waals surface area (Å²) in [5, 5.41) is 4.98. The molecule has 0 bridgehead atoms. The molecule has 1 aliphatic heterocycles. The maximum atomic E-state index is 11.4. The Hall–Kier alpha value is -1.63. The van der Waals surface area contributed by atoms with E-state index in [0.717, 1.165) is 12.8 Å². The van der Waals surface area contributed by atoms with E-state index < -0.39 is 18.0 Å². The molecular formula is C12H20N2O5. The number of ether oxygens (including phenoxy) is 2. The molecule has 0 aliphatic carbocycles. The highest BCUT2D eigenvalue weighted by Gasteiger charge is 2.25. The van der Waals surface area contributed by atoms with Gasteiger partial charge in [0.25, 0.3) is 5.91 Å². The summed E-state index contributed by atoms with van der Waals surface area (Å²) in [4.78, 5) is 34.0. The van der Waals surface area contributed by atoms with Gasteiger partial charge in [0.2, 0.25) is 5.91 Å². The van der Waals surface area contributed by atoms with Crippen LogP contribution in [0.15, 0.2) is 0 Å². The van der Waals surface area contributed by atoms with E-state index in [-0.39, 0.29) is 19.1 Å². The molecule has 7 nitrogen and oxygen atoms in total. The van der Waals surface area contributed by atoms with Gasteiger partial charge in [0, 0.05) is 13.2 Å². The number of carbonyl (C=O) groups excluding carboxylic acids is 3. The highest BCUT2D eigenvalue weighted by Crippen LogP contribution is 2.12. The first-order valence-corrected chi connectivity index (χ1v) is 6.45. The van der Waals surface area contributed by atoms with Gasteiger partial charge in [-0.15, -0.1) is 0 Å². The number of hydrogen-bond donors (Lipinski definition) is 2. The molecule has 0 aromatic carbocycles. The first-order valence-electron chi connectivity index (χ1n) is 6.45. The monoisotopic (exact) mass is 272 g/mol. The third-order valence-electron chi connectivity index (χ3n) is 2.56. The molecule has 7 heteroatoms. The van der Waals surface area contributed by atoms with E-state index in [9.17, 15) is 14.4 Å². The maximum Gasteiger partial charge on any atom is 0.335 e. The van der Waals surface area contributed by atoms with E-state index in [1.165, 1.54) is 0 Å². The minimum absolute atomic E-state index is 0.115. The topological polar surface area (TPSA) is 93.7 Å². The van der Waals surface area contributed by atoms with Crippen molar-refractivity contribution in [3.8, 4) is 0 Å². The average molecular weight is 272 g/mol. The highest BCUT2D eigenvalue weighted by molar-refractivity contribution is 5.86. The summed E-state index contributed by atoms with van der Waals surface area (Å²) in [5.74, 6) is -1.29. The lowest BCUT2D eigenvalue weighted by Gasteiger charge is -2.10. The van der Waals surface area contributed by atoms with Gasteiger partial charge in [-0.1, -0.05) is 6.92 Å². The summed E-state index contributed by atoms with van der Waals surface area (Å²) in [7, 11) is 0. The van der Waals surface area contributed by atoms with Gasteiger partial charge in [-0.2, -0.15) is 0 Å². The first kappa shape index (κ1) is 15.4. The smallest absolute Gasteiger partial charge is 0.335 e. The van der Waals surface area contributed by atoms with Gasteiger partial charge < -0.3 is 20.1 Å². The fourth-order valence-electron chi connectivity index (χ4n) is 1.55. The Morgan fingerprint density at radius 3 is 2.68 bits per heavy atom. The SMILES string of the molecule is CCCNC(=O)CNC(=O)COC(=O)[C@H]1CCCO1. The summed E-state index contributed by atoms with van der Waals surface area (Å²) in [6, 6.07) is 0. The summed E-state index contributed by atoms with van der Waals surface area (Å²) in [5.41, 5.74) is 0. The van der Waals surface area contributed by atoms with Gasteiger partial charge in [-0.3, -0.25) is 9.59 Å². The zero-order chi connectivity index (χ0) is 14.1. The van der Waals surface area contributed by atoms with Crippen molar-refractivity contribution in [3.63, 3.8) is 0 Å². The molecule has 19 heavy (non-hydrogen) atoms. The van der Waals surface area contributed by atoms with Crippen LogP contribution >= 0.6 is 0 Å². The number of hydrogen-bond acceptors (Lipinski definition) is 5. The van der Waals surface area contributed by atoms with E-state index >= 15 is 0 Å². The third-order valence-corrected chi connectivity index (χ3v) is 2.56. The first-order chi connectivity index (χ1) is 9.13. The van der Waals surface area contributed by atoms with Crippen LogP contribution in [0, 0.1) is 0 Å². The molecule has 0 aromatic heterocycles. The van der Waals surface area contributed by atoms with Crippen molar-refractivity contribution in [2.75, 3.05) is 26.3 Å². The lowest BCUT2D eigenvalue weighted by atomic mass is 10.2. The quantitative estimate of drug-likeness (QED) is 0.601. The van der Waals surface area contributed by atoms with Crippen LogP contribution in [0.2, 0.25) is 0 Å². The molecule has 0 aromatic rings. The van der Waals surface area contributed by atoms with E-state index in [1.807, 2.05) is 6.92 Å². The molecule has 0 radical (unpaired) electrons. The van der Waals surface area contributed by atoms with Crippen LogP contribution in [0.3, 0.4) is 0 Å². The largest absolute Gasteiger partial charge is 0.454 e. The minimum atomic E-state index is -0.555. The molecule has 108 valence electrons. The second kappa shape index (κ2) is 8.47. The lowest BCUT2D eigenvalue weighted by molar-refractivity contribution is -0.157. The molecule has 1 fully saturated rings. The molecule has 1 aliphatic rings. The average Bonchev–Trinajstić information content (AvgIpc) is 2.94. The summed E-state index contributed by atoms with van der Waals surface area (Å²) >= 11 is 0. The molecule has 1 atom stereocenters. The fourth-order valence-corrected chi connectivity index (χ4v) is 1.55. The van der Waals surface area contributed by atoms with Gasteiger partial charge in [0.05, 0.1) is 6.54 Å². The Kier molecular flexibility index (Phi) is 6.88. The van der Waals surface area contributed by atoms with Crippen molar-refractivity contribution in [1.82, 2.24) is 10.6 Å². The predicted octanol–water partition coefficient (Wildman–Crippen LogP) is -0.649. The third kappa shape index (κ3) is 6.19. The number of amides is 2. The van der Waals surface area contributed by atoms with Crippen molar-refractivity contribution in [3.05, 3.63) is 0 Å².